The number of hydrogen-bond donors (Lipinski definition) is 3. The van der Waals surface area contributed by atoms with Crippen molar-refractivity contribution < 1.29 is 14.6 Å². The fourth-order valence-corrected chi connectivity index (χ4v) is 2.73. The molecule has 148 valence electrons. The number of hydrogen-bond acceptors (Lipinski definition) is 6. The molecule has 0 radical (unpaired) electrons. The number of carbonyl (C=O) groups is 1. The lowest BCUT2D eigenvalue weighted by molar-refractivity contribution is 0.0955. The summed E-state index contributed by atoms with van der Waals surface area (Å²) in [5.74, 6) is -0.811. The monoisotopic (exact) mass is 414 g/mol. The van der Waals surface area contributed by atoms with Gasteiger partial charge >= 0.3 is 5.69 Å². The van der Waals surface area contributed by atoms with Crippen LogP contribution >= 0.6 is 11.6 Å². The van der Waals surface area contributed by atoms with Gasteiger partial charge in [-0.15, -0.1) is 0 Å². The number of H-pyrrole nitrogens is 1. The molecule has 10 heteroatoms. The average Bonchev–Trinajstić information content (AvgIpc) is 2.70. The number of aromatic nitrogens is 2. The molecule has 3 rings (SSSR count). The third-order valence-corrected chi connectivity index (χ3v) is 4.24. The second-order valence-electron chi connectivity index (χ2n) is 5.71. The third-order valence-electron chi connectivity index (χ3n) is 3.91. The molecule has 0 aliphatic carbocycles. The number of hydrazone groups is 1. The molecule has 0 saturated carbocycles. The fraction of sp³-hybridized carbons (Fsp3) is 0.0526. The molecule has 0 bridgehead atoms. The van der Waals surface area contributed by atoms with E-state index in [0.29, 0.717) is 5.75 Å². The number of rotatable bonds is 5. The molecular weight excluding hydrogens is 400 g/mol. The Hall–Kier alpha value is -3.85. The van der Waals surface area contributed by atoms with Crippen LogP contribution in [-0.4, -0.2) is 33.9 Å². The summed E-state index contributed by atoms with van der Waals surface area (Å²) < 4.78 is 5.98. The Kier molecular flexibility index (Phi) is 5.79. The van der Waals surface area contributed by atoms with Gasteiger partial charge in [0.25, 0.3) is 11.5 Å². The van der Waals surface area contributed by atoms with E-state index in [9.17, 15) is 19.5 Å². The highest BCUT2D eigenvalue weighted by Crippen LogP contribution is 2.20. The number of methoxy groups -OCH3 is 1. The Balaban J connectivity index is 1.95. The Bertz CT molecular complexity index is 1220. The zero-order valence-corrected chi connectivity index (χ0v) is 15.8. The molecule has 3 aromatic rings. The SMILES string of the molecule is COc1cccc(-n2c(O)c(/C=N/NC(=O)c3ccccc3Cl)c(=O)[nH]c2=O)c1. The Labute approximate surface area is 168 Å². The second-order valence-corrected chi connectivity index (χ2v) is 6.12. The van der Waals surface area contributed by atoms with Gasteiger partial charge < -0.3 is 9.84 Å². The van der Waals surface area contributed by atoms with Crippen molar-refractivity contribution in [1.29, 1.82) is 0 Å². The molecule has 2 aromatic carbocycles. The number of nitrogens with one attached hydrogen (secondary N) is 2. The van der Waals surface area contributed by atoms with E-state index in [4.69, 9.17) is 16.3 Å². The summed E-state index contributed by atoms with van der Waals surface area (Å²) >= 11 is 5.94. The minimum Gasteiger partial charge on any atom is -0.497 e. The van der Waals surface area contributed by atoms with E-state index < -0.39 is 23.0 Å². The van der Waals surface area contributed by atoms with Gasteiger partial charge in [0.2, 0.25) is 5.88 Å². The highest BCUT2D eigenvalue weighted by molar-refractivity contribution is 6.33. The highest BCUT2D eigenvalue weighted by Gasteiger charge is 2.15. The minimum atomic E-state index is -0.873. The second kappa shape index (κ2) is 8.44. The summed E-state index contributed by atoms with van der Waals surface area (Å²) in [7, 11) is 1.45. The lowest BCUT2D eigenvalue weighted by Gasteiger charge is -2.10. The fourth-order valence-electron chi connectivity index (χ4n) is 2.51. The first kappa shape index (κ1) is 19.9. The molecule has 0 unspecified atom stereocenters. The van der Waals surface area contributed by atoms with Crippen LogP contribution in [0.25, 0.3) is 5.69 Å². The molecule has 0 aliphatic rings. The summed E-state index contributed by atoms with van der Waals surface area (Å²) in [5.41, 5.74) is 0.609. The Morgan fingerprint density at radius 2 is 2.00 bits per heavy atom. The summed E-state index contributed by atoms with van der Waals surface area (Å²) in [6, 6.07) is 12.7. The first-order valence-electron chi connectivity index (χ1n) is 8.23. The normalized spacial score (nSPS) is 10.8. The van der Waals surface area contributed by atoms with Gasteiger partial charge in [0.1, 0.15) is 11.3 Å². The van der Waals surface area contributed by atoms with Crippen LogP contribution in [0.5, 0.6) is 11.6 Å². The molecule has 0 fully saturated rings. The van der Waals surface area contributed by atoms with Crippen molar-refractivity contribution in [2.24, 2.45) is 5.10 Å². The first-order valence-corrected chi connectivity index (χ1v) is 8.61. The van der Waals surface area contributed by atoms with Gasteiger partial charge in [0.15, 0.2) is 0 Å². The zero-order valence-electron chi connectivity index (χ0n) is 15.0. The van der Waals surface area contributed by atoms with Crippen molar-refractivity contribution in [3.63, 3.8) is 0 Å². The number of carbonyl (C=O) groups excluding carboxylic acids is 1. The maximum atomic E-state index is 12.2. The highest BCUT2D eigenvalue weighted by atomic mass is 35.5. The number of amides is 1. The van der Waals surface area contributed by atoms with E-state index in [2.05, 4.69) is 15.5 Å². The van der Waals surface area contributed by atoms with Gasteiger partial charge in [-0.1, -0.05) is 29.8 Å². The van der Waals surface area contributed by atoms with Crippen molar-refractivity contribution in [3.8, 4) is 17.3 Å². The number of nitrogens with zero attached hydrogens (tertiary/aromatic N) is 2. The third kappa shape index (κ3) is 4.19. The maximum Gasteiger partial charge on any atom is 0.335 e. The van der Waals surface area contributed by atoms with Crippen LogP contribution in [0.1, 0.15) is 15.9 Å². The van der Waals surface area contributed by atoms with Crippen LogP contribution in [0.3, 0.4) is 0 Å². The molecule has 29 heavy (non-hydrogen) atoms. The van der Waals surface area contributed by atoms with Crippen LogP contribution in [0, 0.1) is 0 Å². The lowest BCUT2D eigenvalue weighted by atomic mass is 10.2. The number of halogens is 1. The molecule has 1 aromatic heterocycles. The number of ether oxygens (including phenoxy) is 1. The number of benzene rings is 2. The minimum absolute atomic E-state index is 0.186. The number of aromatic amines is 1. The average molecular weight is 415 g/mol. The summed E-state index contributed by atoms with van der Waals surface area (Å²) in [6.45, 7) is 0. The Morgan fingerprint density at radius 1 is 1.24 bits per heavy atom. The van der Waals surface area contributed by atoms with Gasteiger partial charge in [-0.25, -0.2) is 14.8 Å². The van der Waals surface area contributed by atoms with Crippen molar-refractivity contribution >= 4 is 23.7 Å². The molecule has 3 N–H and O–H groups in total. The van der Waals surface area contributed by atoms with Crippen LogP contribution in [0.2, 0.25) is 5.02 Å². The van der Waals surface area contributed by atoms with Crippen molar-refractivity contribution in [2.45, 2.75) is 0 Å². The first-order chi connectivity index (χ1) is 13.9. The zero-order chi connectivity index (χ0) is 21.0. The van der Waals surface area contributed by atoms with E-state index >= 15 is 0 Å². The van der Waals surface area contributed by atoms with E-state index in [0.717, 1.165) is 10.8 Å². The van der Waals surface area contributed by atoms with E-state index in [1.165, 1.54) is 19.2 Å². The molecule has 9 nitrogen and oxygen atoms in total. The standard InChI is InChI=1S/C19H15ClN4O5/c1-29-12-6-4-5-11(9-12)24-18(27)14(16(25)22-19(24)28)10-21-23-17(26)13-7-2-3-8-15(13)20/h2-10,27H,1H3,(H,23,26)(H,22,25,28)/b21-10+. The van der Waals surface area contributed by atoms with Crippen LogP contribution in [0.4, 0.5) is 0 Å². The molecule has 1 heterocycles. The van der Waals surface area contributed by atoms with Crippen molar-refractivity contribution in [2.75, 3.05) is 7.11 Å². The lowest BCUT2D eigenvalue weighted by Crippen LogP contribution is -2.31. The van der Waals surface area contributed by atoms with Crippen LogP contribution in [0.15, 0.2) is 63.2 Å². The van der Waals surface area contributed by atoms with E-state index in [1.807, 2.05) is 0 Å². The van der Waals surface area contributed by atoms with Gasteiger partial charge in [0, 0.05) is 6.07 Å². The van der Waals surface area contributed by atoms with E-state index in [-0.39, 0.29) is 21.8 Å². The predicted octanol–water partition coefficient (Wildman–Crippen LogP) is 1.66. The van der Waals surface area contributed by atoms with Gasteiger partial charge in [-0.2, -0.15) is 5.10 Å². The van der Waals surface area contributed by atoms with Gasteiger partial charge in [-0.05, 0) is 24.3 Å². The molecule has 0 saturated heterocycles. The number of aromatic hydroxyl groups is 1. The summed E-state index contributed by atoms with van der Waals surface area (Å²) in [6.07, 6.45) is 0.930. The quantitative estimate of drug-likeness (QED) is 0.432. The topological polar surface area (TPSA) is 126 Å². The molecular formula is C19H15ClN4O5. The Morgan fingerprint density at radius 3 is 2.72 bits per heavy atom. The smallest absolute Gasteiger partial charge is 0.335 e. The van der Waals surface area contributed by atoms with Crippen molar-refractivity contribution in [3.05, 3.63) is 85.5 Å². The summed E-state index contributed by atoms with van der Waals surface area (Å²) in [4.78, 5) is 38.5. The van der Waals surface area contributed by atoms with E-state index in [1.54, 1.807) is 36.4 Å². The molecule has 0 aliphatic heterocycles. The van der Waals surface area contributed by atoms with Crippen LogP contribution < -0.4 is 21.4 Å². The largest absolute Gasteiger partial charge is 0.497 e. The predicted molar refractivity (Wildman–Crippen MR) is 107 cm³/mol. The van der Waals surface area contributed by atoms with Crippen LogP contribution in [-0.2, 0) is 0 Å². The summed E-state index contributed by atoms with van der Waals surface area (Å²) in [5, 5.41) is 14.4. The molecule has 0 spiro atoms. The molecule has 0 atom stereocenters. The maximum absolute atomic E-state index is 12.2. The molecule has 1 amide bonds. The van der Waals surface area contributed by atoms with Crippen molar-refractivity contribution in [1.82, 2.24) is 15.0 Å². The van der Waals surface area contributed by atoms with Gasteiger partial charge in [0.05, 0.1) is 29.6 Å². The van der Waals surface area contributed by atoms with Gasteiger partial charge in [-0.3, -0.25) is 14.6 Å².